The second-order valence-electron chi connectivity index (χ2n) is 5.22. The molecule has 0 saturated heterocycles. The van der Waals surface area contributed by atoms with Gasteiger partial charge in [-0.25, -0.2) is 0 Å². The molecule has 1 aromatic rings. The first-order valence-electron chi connectivity index (χ1n) is 6.60. The number of benzene rings is 1. The van der Waals surface area contributed by atoms with Gasteiger partial charge in [0.25, 0.3) is 0 Å². The van der Waals surface area contributed by atoms with Crippen molar-refractivity contribution in [3.05, 3.63) is 27.7 Å². The number of ether oxygens (including phenoxy) is 1. The number of rotatable bonds is 3. The molecule has 2 rings (SSSR count). The predicted molar refractivity (Wildman–Crippen MR) is 77.8 cm³/mol. The van der Waals surface area contributed by atoms with Crippen LogP contribution in [0.2, 0.25) is 0 Å². The second-order valence-corrected chi connectivity index (χ2v) is 6.01. The lowest BCUT2D eigenvalue weighted by molar-refractivity contribution is -0.145. The minimum atomic E-state index is -0.768. The van der Waals surface area contributed by atoms with Gasteiger partial charge in [-0.2, -0.15) is 0 Å². The first-order valence-corrected chi connectivity index (χ1v) is 7.39. The number of hydrogen-bond donors (Lipinski definition) is 1. The highest BCUT2D eigenvalue weighted by Gasteiger charge is 2.44. The zero-order chi connectivity index (χ0) is 14.0. The number of carboxylic acid groups (broad SMARTS) is 1. The Morgan fingerprint density at radius 2 is 1.95 bits per heavy atom. The van der Waals surface area contributed by atoms with Crippen molar-refractivity contribution in [2.24, 2.45) is 0 Å². The summed E-state index contributed by atoms with van der Waals surface area (Å²) < 4.78 is 6.11. The molecule has 0 radical (unpaired) electrons. The Bertz CT molecular complexity index is 490. The minimum Gasteiger partial charge on any atom is -0.496 e. The van der Waals surface area contributed by atoms with Crippen molar-refractivity contribution in [1.29, 1.82) is 0 Å². The second kappa shape index (κ2) is 5.53. The Balaban J connectivity index is 2.62. The van der Waals surface area contributed by atoms with E-state index >= 15 is 0 Å². The van der Waals surface area contributed by atoms with Crippen molar-refractivity contribution in [2.45, 2.75) is 44.4 Å². The highest BCUT2D eigenvalue weighted by Crippen LogP contribution is 2.46. The van der Waals surface area contributed by atoms with Gasteiger partial charge in [0.1, 0.15) is 5.75 Å². The van der Waals surface area contributed by atoms with Crippen molar-refractivity contribution in [3.63, 3.8) is 0 Å². The molecule has 0 bridgehead atoms. The van der Waals surface area contributed by atoms with Gasteiger partial charge in [-0.15, -0.1) is 0 Å². The number of carboxylic acids is 1. The van der Waals surface area contributed by atoms with Gasteiger partial charge in [0, 0.05) is 0 Å². The number of aliphatic carboxylic acids is 1. The normalized spacial score (nSPS) is 18.1. The summed E-state index contributed by atoms with van der Waals surface area (Å²) in [5, 5.41) is 9.79. The summed E-state index contributed by atoms with van der Waals surface area (Å²) in [6.45, 7) is 1.97. The quantitative estimate of drug-likeness (QED) is 0.911. The van der Waals surface area contributed by atoms with E-state index in [0.717, 1.165) is 34.9 Å². The fraction of sp³-hybridized carbons (Fsp3) is 0.533. The maximum absolute atomic E-state index is 11.9. The molecule has 1 aromatic carbocycles. The molecule has 0 amide bonds. The van der Waals surface area contributed by atoms with Crippen molar-refractivity contribution in [2.75, 3.05) is 7.11 Å². The van der Waals surface area contributed by atoms with Crippen LogP contribution in [0.15, 0.2) is 16.6 Å². The fourth-order valence-electron chi connectivity index (χ4n) is 3.12. The summed E-state index contributed by atoms with van der Waals surface area (Å²) in [6.07, 6.45) is 4.46. The largest absolute Gasteiger partial charge is 0.496 e. The van der Waals surface area contributed by atoms with E-state index in [9.17, 15) is 9.90 Å². The number of methoxy groups -OCH3 is 1. The third kappa shape index (κ3) is 2.38. The highest BCUT2D eigenvalue weighted by molar-refractivity contribution is 9.10. The van der Waals surface area contributed by atoms with Crippen molar-refractivity contribution in [1.82, 2.24) is 0 Å². The molecule has 1 aliphatic carbocycles. The van der Waals surface area contributed by atoms with Crippen LogP contribution in [-0.2, 0) is 10.2 Å². The Morgan fingerprint density at radius 1 is 1.32 bits per heavy atom. The van der Waals surface area contributed by atoms with Crippen LogP contribution in [0.1, 0.15) is 43.2 Å². The van der Waals surface area contributed by atoms with Crippen molar-refractivity contribution in [3.8, 4) is 5.75 Å². The lowest BCUT2D eigenvalue weighted by Crippen LogP contribution is -2.38. The molecular weight excluding hydrogens is 308 g/mol. The number of hydrogen-bond acceptors (Lipinski definition) is 2. The molecule has 104 valence electrons. The van der Waals surface area contributed by atoms with Crippen molar-refractivity contribution >= 4 is 21.9 Å². The van der Waals surface area contributed by atoms with E-state index in [4.69, 9.17) is 4.74 Å². The standard InChI is InChI=1S/C15H19BrO3/c1-10-6-7-11(19-2)13(16)12(10)15(14(17)18)8-4-3-5-9-15/h6-7H,3-5,8-9H2,1-2H3,(H,17,18). The molecule has 0 heterocycles. The van der Waals surface area contributed by atoms with Gasteiger partial charge in [-0.05, 0) is 52.9 Å². The first kappa shape index (κ1) is 14.4. The zero-order valence-electron chi connectivity index (χ0n) is 11.3. The summed E-state index contributed by atoms with van der Waals surface area (Å²) in [6, 6.07) is 3.82. The third-order valence-corrected chi connectivity index (χ3v) is 4.92. The summed E-state index contributed by atoms with van der Waals surface area (Å²) in [4.78, 5) is 11.9. The van der Waals surface area contributed by atoms with Gasteiger partial charge in [0.2, 0.25) is 0 Å². The molecule has 3 nitrogen and oxygen atoms in total. The number of carbonyl (C=O) groups is 1. The van der Waals surface area contributed by atoms with E-state index in [2.05, 4.69) is 15.9 Å². The molecule has 1 N–H and O–H groups in total. The average Bonchev–Trinajstić information content (AvgIpc) is 2.40. The average molecular weight is 327 g/mol. The van der Waals surface area contributed by atoms with Crippen LogP contribution in [-0.4, -0.2) is 18.2 Å². The van der Waals surface area contributed by atoms with E-state index in [-0.39, 0.29) is 0 Å². The Hall–Kier alpha value is -1.03. The number of aryl methyl sites for hydroxylation is 1. The van der Waals surface area contributed by atoms with Gasteiger partial charge in [0.05, 0.1) is 17.0 Å². The highest BCUT2D eigenvalue weighted by atomic mass is 79.9. The van der Waals surface area contributed by atoms with Crippen LogP contribution < -0.4 is 4.74 Å². The SMILES string of the molecule is COc1ccc(C)c(C2(C(=O)O)CCCCC2)c1Br. The van der Waals surface area contributed by atoms with Crippen LogP contribution in [0, 0.1) is 6.92 Å². The Labute approximate surface area is 122 Å². The minimum absolute atomic E-state index is 0.701. The van der Waals surface area contributed by atoms with Gasteiger partial charge < -0.3 is 9.84 Å². The maximum atomic E-state index is 11.9. The summed E-state index contributed by atoms with van der Waals surface area (Å²) in [5.41, 5.74) is 1.13. The molecule has 1 aliphatic rings. The molecule has 0 aromatic heterocycles. The summed E-state index contributed by atoms with van der Waals surface area (Å²) in [7, 11) is 1.60. The topological polar surface area (TPSA) is 46.5 Å². The lowest BCUT2D eigenvalue weighted by atomic mass is 9.68. The van der Waals surface area contributed by atoms with Crippen LogP contribution in [0.5, 0.6) is 5.75 Å². The summed E-state index contributed by atoms with van der Waals surface area (Å²) >= 11 is 3.54. The molecular formula is C15H19BrO3. The molecule has 0 spiro atoms. The molecule has 0 atom stereocenters. The van der Waals surface area contributed by atoms with Crippen LogP contribution in [0.3, 0.4) is 0 Å². The molecule has 4 heteroatoms. The van der Waals surface area contributed by atoms with Gasteiger partial charge in [-0.3, -0.25) is 4.79 Å². The molecule has 1 saturated carbocycles. The van der Waals surface area contributed by atoms with Crippen LogP contribution in [0.25, 0.3) is 0 Å². The fourth-order valence-corrected chi connectivity index (χ4v) is 4.11. The van der Waals surface area contributed by atoms with E-state index in [1.165, 1.54) is 0 Å². The molecule has 0 unspecified atom stereocenters. The molecule has 19 heavy (non-hydrogen) atoms. The van der Waals surface area contributed by atoms with E-state index in [0.29, 0.717) is 18.6 Å². The van der Waals surface area contributed by atoms with E-state index < -0.39 is 11.4 Å². The maximum Gasteiger partial charge on any atom is 0.314 e. The monoisotopic (exact) mass is 326 g/mol. The van der Waals surface area contributed by atoms with Crippen molar-refractivity contribution < 1.29 is 14.6 Å². The lowest BCUT2D eigenvalue weighted by Gasteiger charge is -2.35. The third-order valence-electron chi connectivity index (χ3n) is 4.13. The smallest absolute Gasteiger partial charge is 0.314 e. The van der Waals surface area contributed by atoms with E-state index in [1.54, 1.807) is 7.11 Å². The van der Waals surface area contributed by atoms with Gasteiger partial charge >= 0.3 is 5.97 Å². The molecule has 0 aliphatic heterocycles. The van der Waals surface area contributed by atoms with Gasteiger partial charge in [-0.1, -0.05) is 25.3 Å². The molecule has 1 fully saturated rings. The van der Waals surface area contributed by atoms with Crippen LogP contribution in [0.4, 0.5) is 0 Å². The van der Waals surface area contributed by atoms with E-state index in [1.807, 2.05) is 19.1 Å². The number of halogens is 1. The Morgan fingerprint density at radius 3 is 2.47 bits per heavy atom. The van der Waals surface area contributed by atoms with Crippen LogP contribution >= 0.6 is 15.9 Å². The summed E-state index contributed by atoms with van der Waals surface area (Å²) in [5.74, 6) is -0.0175. The predicted octanol–water partition coefficient (Wildman–Crippen LogP) is 4.05. The Kier molecular flexibility index (Phi) is 4.19. The van der Waals surface area contributed by atoms with Gasteiger partial charge in [0.15, 0.2) is 0 Å². The zero-order valence-corrected chi connectivity index (χ0v) is 12.9. The first-order chi connectivity index (χ1) is 9.03.